The van der Waals surface area contributed by atoms with Crippen LogP contribution in [0.3, 0.4) is 0 Å². The van der Waals surface area contributed by atoms with Gasteiger partial charge in [0.2, 0.25) is 0 Å². The van der Waals surface area contributed by atoms with E-state index in [2.05, 4.69) is 0 Å². The lowest BCUT2D eigenvalue weighted by molar-refractivity contribution is -0.109. The fourth-order valence-electron chi connectivity index (χ4n) is 0.299. The van der Waals surface area contributed by atoms with Gasteiger partial charge in [-0.3, -0.25) is 4.79 Å². The molecular weight excluding hydrogens is 119 g/mol. The molecule has 1 nitrogen and oxygen atoms in total. The Hall–Kier alpha value is 0.0849. The van der Waals surface area contributed by atoms with E-state index < -0.39 is 0 Å². The van der Waals surface area contributed by atoms with Crippen molar-refractivity contribution in [1.29, 1.82) is 0 Å². The van der Waals surface area contributed by atoms with Crippen LogP contribution in [0.2, 0.25) is 6.32 Å². The Balaban J connectivity index is 2.82. The van der Waals surface area contributed by atoms with E-state index in [-0.39, 0.29) is 5.12 Å². The van der Waals surface area contributed by atoms with Gasteiger partial charge in [-0.15, -0.1) is 0 Å². The van der Waals surface area contributed by atoms with Crippen molar-refractivity contribution in [3.05, 3.63) is 0 Å². The van der Waals surface area contributed by atoms with Gasteiger partial charge in [0.25, 0.3) is 0 Å². The average molecular weight is 128 g/mol. The SMILES string of the molecule is [B]CCCSC(C)=O. The third-order valence-electron chi connectivity index (χ3n) is 0.654. The molecule has 0 saturated carbocycles. The third kappa shape index (κ3) is 6.08. The number of carbonyl (C=O) groups is 1. The molecule has 2 radical (unpaired) electrons. The highest BCUT2D eigenvalue weighted by Gasteiger charge is 1.89. The van der Waals surface area contributed by atoms with Gasteiger partial charge in [0, 0.05) is 12.7 Å². The lowest BCUT2D eigenvalue weighted by atomic mass is 10.0. The van der Waals surface area contributed by atoms with Crippen molar-refractivity contribution >= 4 is 24.7 Å². The summed E-state index contributed by atoms with van der Waals surface area (Å²) in [5, 5.41) is 0.179. The van der Waals surface area contributed by atoms with Crippen LogP contribution >= 0.6 is 11.8 Å². The van der Waals surface area contributed by atoms with Gasteiger partial charge in [-0.05, 0) is 0 Å². The predicted molar refractivity (Wildman–Crippen MR) is 38.3 cm³/mol. The summed E-state index contributed by atoms with van der Waals surface area (Å²) in [5.74, 6) is 0.867. The molecule has 0 atom stereocenters. The second kappa shape index (κ2) is 5.23. The summed E-state index contributed by atoms with van der Waals surface area (Å²) >= 11 is 1.34. The first kappa shape index (κ1) is 8.08. The van der Waals surface area contributed by atoms with Crippen LogP contribution in [-0.4, -0.2) is 18.7 Å². The van der Waals surface area contributed by atoms with Gasteiger partial charge in [-0.1, -0.05) is 24.5 Å². The first-order chi connectivity index (χ1) is 3.77. The van der Waals surface area contributed by atoms with Gasteiger partial charge < -0.3 is 0 Å². The van der Waals surface area contributed by atoms with Crippen LogP contribution in [0.5, 0.6) is 0 Å². The number of thioether (sulfide) groups is 1. The number of carbonyl (C=O) groups excluding carboxylic acids is 1. The summed E-state index contributed by atoms with van der Waals surface area (Å²) < 4.78 is 0. The Labute approximate surface area is 55.6 Å². The molecule has 0 saturated heterocycles. The van der Waals surface area contributed by atoms with Crippen molar-refractivity contribution in [2.75, 3.05) is 5.75 Å². The fraction of sp³-hybridized carbons (Fsp3) is 0.800. The van der Waals surface area contributed by atoms with Gasteiger partial charge in [-0.25, -0.2) is 0 Å². The fourth-order valence-corrected chi connectivity index (χ4v) is 0.898. The lowest BCUT2D eigenvalue weighted by Gasteiger charge is -1.90. The molecule has 0 fully saturated rings. The minimum absolute atomic E-state index is 0.179. The van der Waals surface area contributed by atoms with Crippen molar-refractivity contribution in [3.63, 3.8) is 0 Å². The topological polar surface area (TPSA) is 17.1 Å². The van der Waals surface area contributed by atoms with Crippen molar-refractivity contribution < 1.29 is 4.79 Å². The van der Waals surface area contributed by atoms with Gasteiger partial charge in [0.05, 0.1) is 7.85 Å². The van der Waals surface area contributed by atoms with E-state index in [1.54, 1.807) is 6.92 Å². The summed E-state index contributed by atoms with van der Waals surface area (Å²) in [6.45, 7) is 1.57. The summed E-state index contributed by atoms with van der Waals surface area (Å²) in [6.07, 6.45) is 1.62. The van der Waals surface area contributed by atoms with Gasteiger partial charge in [0.1, 0.15) is 0 Å². The predicted octanol–water partition coefficient (Wildman–Crippen LogP) is 1.24. The Morgan fingerprint density at radius 1 is 1.75 bits per heavy atom. The highest BCUT2D eigenvalue weighted by Crippen LogP contribution is 2.03. The summed E-state index contributed by atoms with van der Waals surface area (Å²) in [7, 11) is 5.19. The molecule has 0 aromatic heterocycles. The summed E-state index contributed by atoms with van der Waals surface area (Å²) in [5.41, 5.74) is 0. The third-order valence-corrected chi connectivity index (χ3v) is 1.55. The molecule has 0 rings (SSSR count). The molecule has 0 bridgehead atoms. The Morgan fingerprint density at radius 3 is 2.75 bits per heavy atom. The maximum atomic E-state index is 10.2. The molecule has 0 aromatic carbocycles. The largest absolute Gasteiger partial charge is 0.288 e. The Morgan fingerprint density at radius 2 is 2.38 bits per heavy atom. The molecule has 0 unspecified atom stereocenters. The maximum Gasteiger partial charge on any atom is 0.185 e. The van der Waals surface area contributed by atoms with E-state index >= 15 is 0 Å². The van der Waals surface area contributed by atoms with Crippen LogP contribution in [0.15, 0.2) is 0 Å². The standard InChI is InChI=1S/C5H9BOS/c1-5(7)8-4-2-3-6/h2-4H2,1H3. The van der Waals surface area contributed by atoms with E-state index in [0.717, 1.165) is 12.2 Å². The Bertz CT molecular complexity index is 74.8. The molecule has 0 N–H and O–H groups in total. The van der Waals surface area contributed by atoms with Crippen molar-refractivity contribution in [1.82, 2.24) is 0 Å². The smallest absolute Gasteiger partial charge is 0.185 e. The second-order valence-electron chi connectivity index (χ2n) is 1.48. The van der Waals surface area contributed by atoms with Crippen molar-refractivity contribution in [3.8, 4) is 0 Å². The molecule has 44 valence electrons. The molecule has 0 amide bonds. The first-order valence-corrected chi connectivity index (χ1v) is 3.59. The van der Waals surface area contributed by atoms with Gasteiger partial charge in [0.15, 0.2) is 5.12 Å². The van der Waals surface area contributed by atoms with Crippen molar-refractivity contribution in [2.24, 2.45) is 0 Å². The molecule has 0 aromatic rings. The highest BCUT2D eigenvalue weighted by molar-refractivity contribution is 8.13. The van der Waals surface area contributed by atoms with Crippen molar-refractivity contribution in [2.45, 2.75) is 19.7 Å². The second-order valence-corrected chi connectivity index (χ2v) is 2.75. The zero-order valence-corrected chi connectivity index (χ0v) is 5.83. The zero-order chi connectivity index (χ0) is 6.41. The molecule has 3 heteroatoms. The first-order valence-electron chi connectivity index (χ1n) is 2.61. The number of hydrogen-bond donors (Lipinski definition) is 0. The van der Waals surface area contributed by atoms with E-state index in [9.17, 15) is 4.79 Å². The van der Waals surface area contributed by atoms with Crippen LogP contribution in [-0.2, 0) is 4.79 Å². The number of rotatable bonds is 3. The average Bonchev–Trinajstić information content (AvgIpc) is 1.66. The molecule has 8 heavy (non-hydrogen) atoms. The highest BCUT2D eigenvalue weighted by atomic mass is 32.2. The Kier molecular flexibility index (Phi) is 5.28. The summed E-state index contributed by atoms with van der Waals surface area (Å²) in [4.78, 5) is 10.2. The quantitative estimate of drug-likeness (QED) is 0.420. The molecule has 0 aliphatic rings. The van der Waals surface area contributed by atoms with Crippen LogP contribution in [0.25, 0.3) is 0 Å². The molecule has 0 aliphatic heterocycles. The van der Waals surface area contributed by atoms with E-state index in [1.807, 2.05) is 0 Å². The normalized spacial score (nSPS) is 9.12. The minimum Gasteiger partial charge on any atom is -0.288 e. The molecule has 0 aliphatic carbocycles. The van der Waals surface area contributed by atoms with Gasteiger partial charge >= 0.3 is 0 Å². The summed E-state index contributed by atoms with van der Waals surface area (Å²) in [6, 6.07) is 0. The van der Waals surface area contributed by atoms with Gasteiger partial charge in [-0.2, -0.15) is 0 Å². The van der Waals surface area contributed by atoms with E-state index in [4.69, 9.17) is 7.85 Å². The van der Waals surface area contributed by atoms with E-state index in [0.29, 0.717) is 6.32 Å². The maximum absolute atomic E-state index is 10.2. The monoisotopic (exact) mass is 128 g/mol. The molecule has 0 spiro atoms. The molecular formula is C5H9BOS. The van der Waals surface area contributed by atoms with Crippen LogP contribution in [0.1, 0.15) is 13.3 Å². The lowest BCUT2D eigenvalue weighted by Crippen LogP contribution is -1.84. The van der Waals surface area contributed by atoms with Crippen LogP contribution in [0.4, 0.5) is 0 Å². The zero-order valence-electron chi connectivity index (χ0n) is 5.02. The minimum atomic E-state index is 0.179. The molecule has 0 heterocycles. The van der Waals surface area contributed by atoms with E-state index in [1.165, 1.54) is 11.8 Å². The van der Waals surface area contributed by atoms with Crippen LogP contribution in [0, 0.1) is 0 Å². The van der Waals surface area contributed by atoms with Crippen LogP contribution < -0.4 is 0 Å². The number of hydrogen-bond acceptors (Lipinski definition) is 2.